The van der Waals surface area contributed by atoms with Crippen LogP contribution in [0, 0.1) is 0 Å². The lowest BCUT2D eigenvalue weighted by molar-refractivity contribution is -0.184. The number of oxime groups is 1. The summed E-state index contributed by atoms with van der Waals surface area (Å²) in [6.07, 6.45) is 7.01. The van der Waals surface area contributed by atoms with Crippen LogP contribution < -0.4 is 0 Å². The molecule has 9 nitrogen and oxygen atoms in total. The first kappa shape index (κ1) is 34.3. The van der Waals surface area contributed by atoms with E-state index in [0.717, 1.165) is 90.6 Å². The topological polar surface area (TPSA) is 93.0 Å². The second-order valence-corrected chi connectivity index (χ2v) is 12.7. The van der Waals surface area contributed by atoms with Crippen molar-refractivity contribution in [1.82, 2.24) is 9.91 Å². The summed E-state index contributed by atoms with van der Waals surface area (Å²) in [4.78, 5) is 32.7. The van der Waals surface area contributed by atoms with Crippen LogP contribution >= 0.6 is 0 Å². The number of carbonyl (C=O) groups excluding carboxylic acids is 2. The fraction of sp³-hybridized carbons (Fsp3) is 0.474. The van der Waals surface area contributed by atoms with Gasteiger partial charge in [0.2, 0.25) is 0 Å². The molecule has 2 aromatic carbocycles. The van der Waals surface area contributed by atoms with E-state index in [1.54, 1.807) is 0 Å². The number of nitrogens with zero attached hydrogens (tertiary/aromatic N) is 4. The molecule has 0 atom stereocenters. The van der Waals surface area contributed by atoms with Crippen molar-refractivity contribution < 1.29 is 23.9 Å². The van der Waals surface area contributed by atoms with Gasteiger partial charge in [-0.2, -0.15) is 5.10 Å². The van der Waals surface area contributed by atoms with E-state index in [9.17, 15) is 9.59 Å². The zero-order valence-electron chi connectivity index (χ0n) is 28.5. The minimum Gasteiger partial charge on any atom is -0.348 e. The van der Waals surface area contributed by atoms with Crippen molar-refractivity contribution in [2.45, 2.75) is 104 Å². The zero-order valence-corrected chi connectivity index (χ0v) is 28.5. The number of hydrazone groups is 1. The maximum atomic E-state index is 14.5. The number of ether oxygens (including phenoxy) is 2. The number of benzene rings is 2. The van der Waals surface area contributed by atoms with Crippen molar-refractivity contribution in [3.05, 3.63) is 83.3 Å². The summed E-state index contributed by atoms with van der Waals surface area (Å²) in [5, 5.41) is 11.0. The highest BCUT2D eigenvalue weighted by atomic mass is 16.7. The van der Waals surface area contributed by atoms with Crippen molar-refractivity contribution in [1.29, 1.82) is 0 Å². The van der Waals surface area contributed by atoms with Crippen LogP contribution in [-0.4, -0.2) is 58.3 Å². The molecular weight excluding hydrogens is 592 g/mol. The van der Waals surface area contributed by atoms with Crippen molar-refractivity contribution >= 4 is 23.3 Å². The van der Waals surface area contributed by atoms with Gasteiger partial charge in [-0.15, -0.1) is 0 Å². The molecule has 0 N–H and O–H groups in total. The Balaban J connectivity index is 1.47. The van der Waals surface area contributed by atoms with E-state index in [0.29, 0.717) is 31.2 Å². The molecule has 1 saturated carbocycles. The van der Waals surface area contributed by atoms with Gasteiger partial charge in [-0.05, 0) is 56.2 Å². The maximum Gasteiger partial charge on any atom is 0.331 e. The van der Waals surface area contributed by atoms with Crippen LogP contribution in [0.3, 0.4) is 0 Å². The Kier molecular flexibility index (Phi) is 11.1. The third kappa shape index (κ3) is 7.74. The van der Waals surface area contributed by atoms with Gasteiger partial charge in [0.1, 0.15) is 5.82 Å². The highest BCUT2D eigenvalue weighted by molar-refractivity contribution is 6.04. The molecule has 2 heterocycles. The Labute approximate surface area is 278 Å². The molecular formula is C38H48N4O5. The number of allylic oxidation sites excluding steroid dienone is 1. The van der Waals surface area contributed by atoms with E-state index < -0.39 is 11.8 Å². The van der Waals surface area contributed by atoms with Gasteiger partial charge < -0.3 is 14.3 Å². The largest absolute Gasteiger partial charge is 0.348 e. The summed E-state index contributed by atoms with van der Waals surface area (Å²) in [6.45, 7) is 15.2. The fourth-order valence-electron chi connectivity index (χ4n) is 6.84. The van der Waals surface area contributed by atoms with E-state index in [1.165, 1.54) is 6.92 Å². The second-order valence-electron chi connectivity index (χ2n) is 12.7. The Hall–Kier alpha value is -4.08. The molecule has 9 heteroatoms. The van der Waals surface area contributed by atoms with Crippen LogP contribution in [0.4, 0.5) is 0 Å². The molecule has 0 unspecified atom stereocenters. The summed E-state index contributed by atoms with van der Waals surface area (Å²) < 4.78 is 12.0. The summed E-state index contributed by atoms with van der Waals surface area (Å²) in [5.41, 5.74) is 7.21. The first-order valence-electron chi connectivity index (χ1n) is 16.9. The minimum atomic E-state index is -0.510. The van der Waals surface area contributed by atoms with Crippen LogP contribution in [-0.2, 0) is 30.3 Å². The molecule has 2 aliphatic heterocycles. The number of hydrogen-bond acceptors (Lipinski definition) is 8. The minimum absolute atomic E-state index is 0.00783. The van der Waals surface area contributed by atoms with Crippen LogP contribution in [0.5, 0.6) is 0 Å². The molecule has 0 bridgehead atoms. The van der Waals surface area contributed by atoms with Gasteiger partial charge in [-0.25, -0.2) is 9.80 Å². The summed E-state index contributed by atoms with van der Waals surface area (Å²) in [5.74, 6) is -0.330. The first-order chi connectivity index (χ1) is 22.7. The van der Waals surface area contributed by atoms with E-state index in [4.69, 9.17) is 19.4 Å². The highest BCUT2D eigenvalue weighted by Crippen LogP contribution is 2.41. The molecule has 3 aliphatic rings. The van der Waals surface area contributed by atoms with E-state index in [-0.39, 0.29) is 11.9 Å². The molecule has 0 aromatic heterocycles. The molecule has 2 aromatic rings. The van der Waals surface area contributed by atoms with Crippen molar-refractivity contribution in [2.75, 3.05) is 13.2 Å². The molecule has 5 rings (SSSR count). The van der Waals surface area contributed by atoms with Gasteiger partial charge >= 0.3 is 5.97 Å². The molecule has 1 spiro atoms. The van der Waals surface area contributed by atoms with Crippen molar-refractivity contribution in [3.8, 4) is 11.1 Å². The molecule has 0 radical (unpaired) electrons. The summed E-state index contributed by atoms with van der Waals surface area (Å²) >= 11 is 0. The Morgan fingerprint density at radius 3 is 2.32 bits per heavy atom. The smallest absolute Gasteiger partial charge is 0.331 e. The molecule has 2 fully saturated rings. The van der Waals surface area contributed by atoms with Gasteiger partial charge in [0.15, 0.2) is 5.79 Å². The van der Waals surface area contributed by atoms with Crippen molar-refractivity contribution in [3.63, 3.8) is 0 Å². The van der Waals surface area contributed by atoms with Crippen LogP contribution in [0.15, 0.2) is 82.5 Å². The lowest BCUT2D eigenvalue weighted by atomic mass is 9.87. The summed E-state index contributed by atoms with van der Waals surface area (Å²) in [6, 6.07) is 16.2. The third-order valence-electron chi connectivity index (χ3n) is 9.14. The Morgan fingerprint density at radius 1 is 1.00 bits per heavy atom. The van der Waals surface area contributed by atoms with Gasteiger partial charge in [-0.1, -0.05) is 87.0 Å². The van der Waals surface area contributed by atoms with E-state index >= 15 is 0 Å². The molecule has 250 valence electrons. The maximum absolute atomic E-state index is 14.5. The average Bonchev–Trinajstić information content (AvgIpc) is 3.52. The summed E-state index contributed by atoms with van der Waals surface area (Å²) in [7, 11) is 0. The van der Waals surface area contributed by atoms with Gasteiger partial charge in [0, 0.05) is 49.1 Å². The van der Waals surface area contributed by atoms with Gasteiger partial charge in [0.25, 0.3) is 5.91 Å². The lowest BCUT2D eigenvalue weighted by Crippen LogP contribution is -2.51. The molecule has 1 aliphatic carbocycles. The van der Waals surface area contributed by atoms with E-state index in [1.807, 2.05) is 41.1 Å². The normalized spacial score (nSPS) is 19.3. The molecule has 1 amide bonds. The predicted octanol–water partition coefficient (Wildman–Crippen LogP) is 7.71. The number of carbonyl (C=O) groups is 2. The second kappa shape index (κ2) is 15.2. The van der Waals surface area contributed by atoms with Gasteiger partial charge in [0.05, 0.1) is 24.6 Å². The quantitative estimate of drug-likeness (QED) is 0.142. The molecule has 47 heavy (non-hydrogen) atoms. The Morgan fingerprint density at radius 2 is 1.68 bits per heavy atom. The number of amides is 1. The standard InChI is InChI=1S/C38H48N4O5/c1-7-11-26(3)39-42-28(5)41(32-19-21-38(22-20-32)45-23-24-46-38)37(44)35(36(42)12-8-2)25-30-15-17-31(18-16-30)34-14-10-9-13-33(34)27(4)40-47-29(6)43/h9-10,13-18,32H,5,7-8,11-12,19-25H2,1-4,6H3/b39-26-,40-27+. The monoisotopic (exact) mass is 640 g/mol. The number of rotatable bonds is 11. The Bertz CT molecular complexity index is 1560. The molecule has 1 saturated heterocycles. The SMILES string of the molecule is C=C1N(/N=C(/C)CCC)C(CCC)=C(Cc2ccc(-c3ccccc3/C(C)=N/OC(C)=O)cc2)C(=O)N1C1CCC2(CC1)OCCO2. The highest BCUT2D eigenvalue weighted by Gasteiger charge is 2.45. The average molecular weight is 641 g/mol. The van der Waals surface area contributed by atoms with E-state index in [2.05, 4.69) is 56.8 Å². The lowest BCUT2D eigenvalue weighted by Gasteiger charge is -2.45. The van der Waals surface area contributed by atoms with Crippen LogP contribution in [0.2, 0.25) is 0 Å². The van der Waals surface area contributed by atoms with Crippen LogP contribution in [0.25, 0.3) is 11.1 Å². The first-order valence-corrected chi connectivity index (χ1v) is 16.9. The van der Waals surface area contributed by atoms with Crippen LogP contribution in [0.1, 0.15) is 97.1 Å². The number of hydrogen-bond donors (Lipinski definition) is 0. The predicted molar refractivity (Wildman–Crippen MR) is 184 cm³/mol. The third-order valence-corrected chi connectivity index (χ3v) is 9.14. The zero-order chi connectivity index (χ0) is 33.6. The fourth-order valence-corrected chi connectivity index (χ4v) is 6.84. The van der Waals surface area contributed by atoms with Gasteiger partial charge in [-0.3, -0.25) is 9.69 Å². The van der Waals surface area contributed by atoms with Crippen molar-refractivity contribution in [2.24, 2.45) is 10.3 Å².